The molecule has 3 nitrogen and oxygen atoms in total. The molecule has 0 amide bonds. The average molecular weight is 276 g/mol. The molecule has 96 valence electrons. The third kappa shape index (κ3) is 3.14. The van der Waals surface area contributed by atoms with Crippen molar-refractivity contribution in [3.8, 4) is 0 Å². The predicted molar refractivity (Wildman–Crippen MR) is 71.0 cm³/mol. The van der Waals surface area contributed by atoms with E-state index in [4.69, 9.17) is 5.11 Å². The number of hydrogen-bond acceptors (Lipinski definition) is 3. The van der Waals surface area contributed by atoms with Crippen LogP contribution in [0.2, 0.25) is 0 Å². The number of thiophene rings is 1. The van der Waals surface area contributed by atoms with Gasteiger partial charge in [0.25, 0.3) is 0 Å². The molecule has 0 bridgehead atoms. The summed E-state index contributed by atoms with van der Waals surface area (Å²) in [6.07, 6.45) is 2.60. The van der Waals surface area contributed by atoms with Crippen LogP contribution in [0, 0.1) is 5.82 Å². The van der Waals surface area contributed by atoms with Gasteiger partial charge in [-0.05, 0) is 30.4 Å². The molecule has 0 saturated heterocycles. The first-order valence-corrected chi connectivity index (χ1v) is 6.19. The summed E-state index contributed by atoms with van der Waals surface area (Å²) in [6.45, 7) is 0. The summed E-state index contributed by atoms with van der Waals surface area (Å²) in [6, 6.07) is 8.90. The van der Waals surface area contributed by atoms with Crippen LogP contribution in [-0.4, -0.2) is 16.9 Å². The summed E-state index contributed by atoms with van der Waals surface area (Å²) in [5.41, 5.74) is 0.311. The van der Waals surface area contributed by atoms with Crippen molar-refractivity contribution in [3.63, 3.8) is 0 Å². The lowest BCUT2D eigenvalue weighted by atomic mass is 10.2. The molecule has 0 fully saturated rings. The number of carboxylic acids is 1. The van der Waals surface area contributed by atoms with Gasteiger partial charge in [0, 0.05) is 5.56 Å². The van der Waals surface area contributed by atoms with Gasteiger partial charge in [-0.3, -0.25) is 4.79 Å². The van der Waals surface area contributed by atoms with Crippen LogP contribution in [0.25, 0.3) is 6.08 Å². The van der Waals surface area contributed by atoms with Crippen molar-refractivity contribution >= 4 is 29.2 Å². The largest absolute Gasteiger partial charge is 0.477 e. The van der Waals surface area contributed by atoms with E-state index in [0.717, 1.165) is 11.3 Å². The van der Waals surface area contributed by atoms with Gasteiger partial charge in [-0.15, -0.1) is 11.3 Å². The van der Waals surface area contributed by atoms with Crippen molar-refractivity contribution in [2.45, 2.75) is 0 Å². The number of carboxylic acid groups (broad SMARTS) is 1. The molecule has 0 atom stereocenters. The Labute approximate surface area is 112 Å². The SMILES string of the molecule is O=C(O)c1ccc(C(=O)/C=C/c2ccccc2F)s1. The van der Waals surface area contributed by atoms with Gasteiger partial charge in [0.1, 0.15) is 10.7 Å². The molecule has 5 heteroatoms. The van der Waals surface area contributed by atoms with Crippen LogP contribution < -0.4 is 0 Å². The van der Waals surface area contributed by atoms with Crippen LogP contribution in [-0.2, 0) is 0 Å². The standard InChI is InChI=1S/C14H9FO3S/c15-10-4-2-1-3-9(10)5-6-11(16)12-7-8-13(19-12)14(17)18/h1-8H,(H,17,18)/b6-5+. The molecule has 1 heterocycles. The maximum atomic E-state index is 13.3. The normalized spacial score (nSPS) is 10.8. The summed E-state index contributed by atoms with van der Waals surface area (Å²) in [5.74, 6) is -1.83. The second kappa shape index (κ2) is 5.58. The van der Waals surface area contributed by atoms with Gasteiger partial charge in [-0.1, -0.05) is 18.2 Å². The zero-order valence-corrected chi connectivity index (χ0v) is 10.5. The van der Waals surface area contributed by atoms with Crippen LogP contribution in [0.15, 0.2) is 42.5 Å². The van der Waals surface area contributed by atoms with Crippen molar-refractivity contribution in [2.75, 3.05) is 0 Å². The minimum absolute atomic E-state index is 0.0997. The first-order valence-electron chi connectivity index (χ1n) is 5.38. The van der Waals surface area contributed by atoms with E-state index in [1.54, 1.807) is 18.2 Å². The molecule has 0 aliphatic heterocycles. The highest BCUT2D eigenvalue weighted by molar-refractivity contribution is 7.16. The fraction of sp³-hybridized carbons (Fsp3) is 0. The van der Waals surface area contributed by atoms with Crippen LogP contribution in [0.4, 0.5) is 4.39 Å². The fourth-order valence-electron chi connectivity index (χ4n) is 1.44. The summed E-state index contributed by atoms with van der Waals surface area (Å²) >= 11 is 0.894. The molecule has 1 aromatic carbocycles. The number of allylic oxidation sites excluding steroid dienone is 1. The zero-order valence-electron chi connectivity index (χ0n) is 9.67. The van der Waals surface area contributed by atoms with E-state index < -0.39 is 11.8 Å². The molecule has 0 aliphatic carbocycles. The third-order valence-corrected chi connectivity index (χ3v) is 3.47. The highest BCUT2D eigenvalue weighted by Gasteiger charge is 2.10. The van der Waals surface area contributed by atoms with Gasteiger partial charge >= 0.3 is 5.97 Å². The maximum Gasteiger partial charge on any atom is 0.345 e. The van der Waals surface area contributed by atoms with Gasteiger partial charge in [-0.2, -0.15) is 0 Å². The van der Waals surface area contributed by atoms with E-state index in [1.165, 1.54) is 30.4 Å². The summed E-state index contributed by atoms with van der Waals surface area (Å²) in [7, 11) is 0. The van der Waals surface area contributed by atoms with Crippen molar-refractivity contribution < 1.29 is 19.1 Å². The number of carbonyl (C=O) groups excluding carboxylic acids is 1. The molecule has 19 heavy (non-hydrogen) atoms. The number of ketones is 1. The minimum atomic E-state index is -1.07. The number of carbonyl (C=O) groups is 2. The van der Waals surface area contributed by atoms with Gasteiger partial charge in [0.2, 0.25) is 0 Å². The van der Waals surface area contributed by atoms with Crippen LogP contribution in [0.1, 0.15) is 24.9 Å². The molecule has 1 N–H and O–H groups in total. The third-order valence-electron chi connectivity index (χ3n) is 2.38. The Hall–Kier alpha value is -2.27. The Balaban J connectivity index is 2.17. The van der Waals surface area contributed by atoms with Gasteiger partial charge in [0.05, 0.1) is 4.88 Å². The second-order valence-electron chi connectivity index (χ2n) is 3.69. The molecule has 1 aromatic heterocycles. The average Bonchev–Trinajstić information content (AvgIpc) is 2.87. The van der Waals surface area contributed by atoms with Crippen LogP contribution >= 0.6 is 11.3 Å². The molecular weight excluding hydrogens is 267 g/mol. The van der Waals surface area contributed by atoms with Crippen molar-refractivity contribution in [1.82, 2.24) is 0 Å². The zero-order chi connectivity index (χ0) is 13.8. The van der Waals surface area contributed by atoms with E-state index in [0.29, 0.717) is 10.4 Å². The Morgan fingerprint density at radius 2 is 1.79 bits per heavy atom. The Kier molecular flexibility index (Phi) is 3.87. The Bertz CT molecular complexity index is 658. The molecule has 0 unspecified atom stereocenters. The second-order valence-corrected chi connectivity index (χ2v) is 4.77. The molecule has 0 radical (unpaired) electrons. The van der Waals surface area contributed by atoms with E-state index in [-0.39, 0.29) is 10.7 Å². The minimum Gasteiger partial charge on any atom is -0.477 e. The van der Waals surface area contributed by atoms with Crippen LogP contribution in [0.5, 0.6) is 0 Å². The summed E-state index contributed by atoms with van der Waals surface area (Å²) in [5, 5.41) is 8.76. The number of rotatable bonds is 4. The molecule has 0 aliphatic rings. The number of hydrogen-bond donors (Lipinski definition) is 1. The van der Waals surface area contributed by atoms with E-state index >= 15 is 0 Å². The van der Waals surface area contributed by atoms with E-state index in [2.05, 4.69) is 0 Å². The lowest BCUT2D eigenvalue weighted by Crippen LogP contribution is -1.91. The van der Waals surface area contributed by atoms with Crippen LogP contribution in [0.3, 0.4) is 0 Å². The lowest BCUT2D eigenvalue weighted by molar-refractivity contribution is 0.0702. The van der Waals surface area contributed by atoms with Crippen molar-refractivity contribution in [1.29, 1.82) is 0 Å². The number of benzene rings is 1. The fourth-order valence-corrected chi connectivity index (χ4v) is 2.21. The first kappa shape index (κ1) is 13.2. The van der Waals surface area contributed by atoms with Crippen molar-refractivity contribution in [3.05, 3.63) is 63.6 Å². The molecule has 2 rings (SSSR count). The highest BCUT2D eigenvalue weighted by Crippen LogP contribution is 2.18. The summed E-state index contributed by atoms with van der Waals surface area (Å²) < 4.78 is 13.3. The molecule has 2 aromatic rings. The van der Waals surface area contributed by atoms with Gasteiger partial charge in [0.15, 0.2) is 5.78 Å². The predicted octanol–water partition coefficient (Wildman–Crippen LogP) is 3.48. The Morgan fingerprint density at radius 1 is 1.11 bits per heavy atom. The smallest absolute Gasteiger partial charge is 0.345 e. The monoisotopic (exact) mass is 276 g/mol. The first-order chi connectivity index (χ1) is 9.08. The molecular formula is C14H9FO3S. The Morgan fingerprint density at radius 3 is 2.42 bits per heavy atom. The highest BCUT2D eigenvalue weighted by atomic mass is 32.1. The molecule has 0 spiro atoms. The van der Waals surface area contributed by atoms with Gasteiger partial charge in [-0.25, -0.2) is 9.18 Å². The topological polar surface area (TPSA) is 54.4 Å². The van der Waals surface area contributed by atoms with E-state index in [1.807, 2.05) is 0 Å². The number of aromatic carboxylic acids is 1. The van der Waals surface area contributed by atoms with E-state index in [9.17, 15) is 14.0 Å². The number of halogens is 1. The quantitative estimate of drug-likeness (QED) is 0.687. The molecule has 0 saturated carbocycles. The summed E-state index contributed by atoms with van der Waals surface area (Å²) in [4.78, 5) is 22.9. The lowest BCUT2D eigenvalue weighted by Gasteiger charge is -1.94. The van der Waals surface area contributed by atoms with Gasteiger partial charge < -0.3 is 5.11 Å². The maximum absolute atomic E-state index is 13.3. The van der Waals surface area contributed by atoms with Crippen molar-refractivity contribution in [2.24, 2.45) is 0 Å².